The van der Waals surface area contributed by atoms with Crippen LogP contribution in [-0.2, 0) is 11.3 Å². The van der Waals surface area contributed by atoms with Gasteiger partial charge in [0.1, 0.15) is 5.82 Å². The van der Waals surface area contributed by atoms with Crippen molar-refractivity contribution in [2.75, 3.05) is 11.1 Å². The Kier molecular flexibility index (Phi) is 6.27. The Morgan fingerprint density at radius 1 is 1.00 bits per heavy atom. The fourth-order valence-electron chi connectivity index (χ4n) is 2.26. The number of rotatable bonds is 7. The van der Waals surface area contributed by atoms with Crippen molar-refractivity contribution in [1.82, 2.24) is 5.32 Å². The van der Waals surface area contributed by atoms with Gasteiger partial charge in [-0.2, -0.15) is 0 Å². The minimum absolute atomic E-state index is 0.137. The van der Waals surface area contributed by atoms with Crippen molar-refractivity contribution in [3.05, 3.63) is 84.1 Å². The molecule has 1 heterocycles. The van der Waals surface area contributed by atoms with Crippen LogP contribution in [0.25, 0.3) is 0 Å². The largest absolute Gasteiger partial charge is 0.459 e. The Labute approximate surface area is 160 Å². The van der Waals surface area contributed by atoms with Gasteiger partial charge in [-0.05, 0) is 42.0 Å². The smallest absolute Gasteiger partial charge is 0.291 e. The third kappa shape index (κ3) is 5.46. The molecular weight excluding hydrogens is 367 g/mol. The zero-order valence-electron chi connectivity index (χ0n) is 14.3. The Bertz CT molecular complexity index is 911. The summed E-state index contributed by atoms with van der Waals surface area (Å²) in [4.78, 5) is 24.3. The average molecular weight is 384 g/mol. The summed E-state index contributed by atoms with van der Waals surface area (Å²) in [6.07, 6.45) is 1.44. The highest BCUT2D eigenvalue weighted by molar-refractivity contribution is 8.00. The molecule has 0 radical (unpaired) electrons. The molecule has 1 aromatic heterocycles. The first-order valence-electron chi connectivity index (χ1n) is 8.19. The Hall–Kier alpha value is -3.06. The van der Waals surface area contributed by atoms with Crippen LogP contribution >= 0.6 is 11.8 Å². The Morgan fingerprint density at radius 2 is 1.78 bits per heavy atom. The van der Waals surface area contributed by atoms with E-state index in [4.69, 9.17) is 4.42 Å². The number of thioether (sulfide) groups is 1. The standard InChI is InChI=1S/C20H17FN2O3S/c21-16-4-1-2-6-18(16)27-13-19(24)22-12-14-7-9-15(10-8-14)23-20(25)17-5-3-11-26-17/h1-11H,12-13H2,(H,22,24)(H,23,25). The third-order valence-electron chi connectivity index (χ3n) is 3.64. The van der Waals surface area contributed by atoms with Gasteiger partial charge in [0.2, 0.25) is 5.91 Å². The summed E-state index contributed by atoms with van der Waals surface area (Å²) < 4.78 is 18.6. The predicted molar refractivity (Wildman–Crippen MR) is 102 cm³/mol. The van der Waals surface area contributed by atoms with Crippen molar-refractivity contribution in [1.29, 1.82) is 0 Å². The molecule has 3 aromatic rings. The number of halogens is 1. The van der Waals surface area contributed by atoms with Gasteiger partial charge in [-0.3, -0.25) is 9.59 Å². The zero-order valence-corrected chi connectivity index (χ0v) is 15.1. The molecule has 0 atom stereocenters. The Balaban J connectivity index is 1.45. The van der Waals surface area contributed by atoms with Gasteiger partial charge in [0.25, 0.3) is 5.91 Å². The molecule has 0 unspecified atom stereocenters. The molecule has 0 aliphatic heterocycles. The maximum Gasteiger partial charge on any atom is 0.291 e. The number of benzene rings is 2. The van der Waals surface area contributed by atoms with Crippen LogP contribution in [-0.4, -0.2) is 17.6 Å². The molecule has 5 nitrogen and oxygen atoms in total. The summed E-state index contributed by atoms with van der Waals surface area (Å²) in [6.45, 7) is 0.350. The number of hydrogen-bond acceptors (Lipinski definition) is 4. The van der Waals surface area contributed by atoms with Crippen molar-refractivity contribution < 1.29 is 18.4 Å². The van der Waals surface area contributed by atoms with E-state index in [-0.39, 0.29) is 29.1 Å². The minimum Gasteiger partial charge on any atom is -0.459 e. The summed E-state index contributed by atoms with van der Waals surface area (Å²) in [7, 11) is 0. The van der Waals surface area contributed by atoms with Gasteiger partial charge < -0.3 is 15.1 Å². The number of carbonyl (C=O) groups excluding carboxylic acids is 2. The first kappa shape index (κ1) is 18.7. The van der Waals surface area contributed by atoms with E-state index in [1.165, 1.54) is 12.3 Å². The van der Waals surface area contributed by atoms with Gasteiger partial charge in [0.15, 0.2) is 5.76 Å². The summed E-state index contributed by atoms with van der Waals surface area (Å²) in [5.74, 6) is -0.469. The first-order chi connectivity index (χ1) is 13.1. The lowest BCUT2D eigenvalue weighted by molar-refractivity contribution is -0.118. The van der Waals surface area contributed by atoms with E-state index >= 15 is 0 Å². The molecule has 0 bridgehead atoms. The number of furan rings is 1. The van der Waals surface area contributed by atoms with Crippen LogP contribution in [0.1, 0.15) is 16.1 Å². The van der Waals surface area contributed by atoms with Crippen LogP contribution in [0.3, 0.4) is 0 Å². The van der Waals surface area contributed by atoms with Crippen LogP contribution < -0.4 is 10.6 Å². The molecule has 2 aromatic carbocycles. The molecule has 0 saturated heterocycles. The molecule has 7 heteroatoms. The normalized spacial score (nSPS) is 10.4. The van der Waals surface area contributed by atoms with Crippen LogP contribution in [0.5, 0.6) is 0 Å². The average Bonchev–Trinajstić information content (AvgIpc) is 3.22. The Morgan fingerprint density at radius 3 is 2.48 bits per heavy atom. The van der Waals surface area contributed by atoms with Crippen molar-refractivity contribution >= 4 is 29.3 Å². The number of anilines is 1. The fourth-order valence-corrected chi connectivity index (χ4v) is 3.03. The van der Waals surface area contributed by atoms with Gasteiger partial charge in [-0.1, -0.05) is 24.3 Å². The summed E-state index contributed by atoms with van der Waals surface area (Å²) in [5.41, 5.74) is 1.51. The summed E-state index contributed by atoms with van der Waals surface area (Å²) >= 11 is 1.15. The molecule has 3 rings (SSSR count). The van der Waals surface area contributed by atoms with E-state index in [9.17, 15) is 14.0 Å². The molecule has 0 fully saturated rings. The monoisotopic (exact) mass is 384 g/mol. The molecule has 2 amide bonds. The van der Waals surface area contributed by atoms with Gasteiger partial charge in [0.05, 0.1) is 12.0 Å². The van der Waals surface area contributed by atoms with Crippen LogP contribution in [0, 0.1) is 5.82 Å². The molecule has 0 saturated carbocycles. The topological polar surface area (TPSA) is 71.3 Å². The van der Waals surface area contributed by atoms with Gasteiger partial charge in [-0.15, -0.1) is 11.8 Å². The van der Waals surface area contributed by atoms with E-state index in [0.29, 0.717) is 17.1 Å². The predicted octanol–water partition coefficient (Wildman–Crippen LogP) is 4.08. The second-order valence-corrected chi connectivity index (χ2v) is 6.64. The third-order valence-corrected chi connectivity index (χ3v) is 4.69. The maximum absolute atomic E-state index is 13.5. The highest BCUT2D eigenvalue weighted by Crippen LogP contribution is 2.20. The lowest BCUT2D eigenvalue weighted by atomic mass is 10.2. The molecule has 0 aliphatic carbocycles. The van der Waals surface area contributed by atoms with E-state index in [2.05, 4.69) is 10.6 Å². The zero-order chi connectivity index (χ0) is 19.1. The SMILES string of the molecule is O=C(CSc1ccccc1F)NCc1ccc(NC(=O)c2ccco2)cc1. The van der Waals surface area contributed by atoms with E-state index in [1.807, 2.05) is 12.1 Å². The van der Waals surface area contributed by atoms with Crippen molar-refractivity contribution in [2.45, 2.75) is 11.4 Å². The molecular formula is C20H17FN2O3S. The van der Waals surface area contributed by atoms with E-state index in [0.717, 1.165) is 17.3 Å². The summed E-state index contributed by atoms with van der Waals surface area (Å²) in [5, 5.41) is 5.51. The highest BCUT2D eigenvalue weighted by atomic mass is 32.2. The van der Waals surface area contributed by atoms with E-state index in [1.54, 1.807) is 42.5 Å². The minimum atomic E-state index is -0.331. The first-order valence-corrected chi connectivity index (χ1v) is 9.18. The fraction of sp³-hybridized carbons (Fsp3) is 0.100. The number of amides is 2. The number of hydrogen-bond donors (Lipinski definition) is 2. The van der Waals surface area contributed by atoms with E-state index < -0.39 is 0 Å². The number of nitrogens with one attached hydrogen (secondary N) is 2. The molecule has 27 heavy (non-hydrogen) atoms. The van der Waals surface area contributed by atoms with Crippen molar-refractivity contribution in [2.24, 2.45) is 0 Å². The lowest BCUT2D eigenvalue weighted by Gasteiger charge is -2.07. The maximum atomic E-state index is 13.5. The second-order valence-electron chi connectivity index (χ2n) is 5.62. The quantitative estimate of drug-likeness (QED) is 0.602. The molecule has 2 N–H and O–H groups in total. The van der Waals surface area contributed by atoms with Crippen molar-refractivity contribution in [3.63, 3.8) is 0 Å². The molecule has 138 valence electrons. The van der Waals surface area contributed by atoms with Gasteiger partial charge in [-0.25, -0.2) is 4.39 Å². The second kappa shape index (κ2) is 9.05. The van der Waals surface area contributed by atoms with Gasteiger partial charge >= 0.3 is 0 Å². The van der Waals surface area contributed by atoms with Crippen LogP contribution in [0.15, 0.2) is 76.2 Å². The van der Waals surface area contributed by atoms with Crippen LogP contribution in [0.2, 0.25) is 0 Å². The molecule has 0 aliphatic rings. The number of carbonyl (C=O) groups is 2. The summed E-state index contributed by atoms with van der Waals surface area (Å²) in [6, 6.07) is 16.7. The van der Waals surface area contributed by atoms with Gasteiger partial charge in [0, 0.05) is 17.1 Å². The lowest BCUT2D eigenvalue weighted by Crippen LogP contribution is -2.24. The van der Waals surface area contributed by atoms with Crippen LogP contribution in [0.4, 0.5) is 10.1 Å². The molecule has 0 spiro atoms. The van der Waals surface area contributed by atoms with Crippen molar-refractivity contribution in [3.8, 4) is 0 Å². The highest BCUT2D eigenvalue weighted by Gasteiger charge is 2.09.